The molecule has 0 amide bonds. The highest BCUT2D eigenvalue weighted by molar-refractivity contribution is 6.98. The van der Waals surface area contributed by atoms with Crippen LogP contribution in [-0.4, -0.2) is 16.4 Å². The van der Waals surface area contributed by atoms with E-state index in [0.29, 0.717) is 5.54 Å². The Bertz CT molecular complexity index is 1010. The monoisotopic (exact) mass is 526 g/mol. The van der Waals surface area contributed by atoms with Gasteiger partial charge in [0.15, 0.2) is 0 Å². The number of hydrogen-bond acceptors (Lipinski definition) is 1. The molecular formula is C32H51FOSi2. The van der Waals surface area contributed by atoms with Gasteiger partial charge in [0, 0.05) is 0 Å². The van der Waals surface area contributed by atoms with Crippen LogP contribution < -0.4 is 4.43 Å². The topological polar surface area (TPSA) is 9.23 Å². The number of unbranched alkanes of at least 4 members (excludes halogenated alkanes) is 2. The first kappa shape index (κ1) is 29.2. The quantitative estimate of drug-likeness (QED) is 0.168. The standard InChI is InChI=1S/C32H51FOSi2/c1-10-14-15-16-31(35(11-2,12-3)13-4)36(24(5)6,32(7,8)9)34-28-18-20-30-26(23-28)21-25-22-27(33)17-19-29(25)30/h17-20,22-24,31H,10-16,21H2,1-9H3. The van der Waals surface area contributed by atoms with Gasteiger partial charge >= 0.3 is 0 Å². The average molecular weight is 527 g/mol. The van der Waals surface area contributed by atoms with Crippen LogP contribution in [0, 0.1) is 5.82 Å². The Hall–Kier alpha value is -1.40. The normalized spacial score (nSPS) is 16.0. The van der Waals surface area contributed by atoms with Crippen LogP contribution in [0.2, 0.25) is 33.9 Å². The van der Waals surface area contributed by atoms with E-state index in [1.54, 1.807) is 12.1 Å². The minimum Gasteiger partial charge on any atom is -0.543 e. The van der Waals surface area contributed by atoms with Crippen LogP contribution in [-0.2, 0) is 6.42 Å². The summed E-state index contributed by atoms with van der Waals surface area (Å²) in [6.45, 7) is 22.1. The first-order valence-electron chi connectivity index (χ1n) is 14.6. The predicted octanol–water partition coefficient (Wildman–Crippen LogP) is 10.9. The number of benzene rings is 2. The predicted molar refractivity (Wildman–Crippen MR) is 161 cm³/mol. The van der Waals surface area contributed by atoms with Crippen LogP contribution in [0.25, 0.3) is 11.1 Å². The fourth-order valence-electron chi connectivity index (χ4n) is 7.61. The van der Waals surface area contributed by atoms with Crippen LogP contribution in [0.15, 0.2) is 36.4 Å². The van der Waals surface area contributed by atoms with Crippen LogP contribution >= 0.6 is 0 Å². The van der Waals surface area contributed by atoms with Crippen LogP contribution in [0.1, 0.15) is 99.1 Å². The summed E-state index contributed by atoms with van der Waals surface area (Å²) in [4.78, 5) is 0. The molecule has 1 aliphatic carbocycles. The summed E-state index contributed by atoms with van der Waals surface area (Å²) in [5.74, 6) is 0.899. The molecular weight excluding hydrogens is 476 g/mol. The number of hydrogen-bond donors (Lipinski definition) is 0. The molecule has 36 heavy (non-hydrogen) atoms. The van der Waals surface area contributed by atoms with Gasteiger partial charge in [0.05, 0.1) is 8.07 Å². The van der Waals surface area contributed by atoms with E-state index in [-0.39, 0.29) is 10.9 Å². The maximum Gasteiger partial charge on any atom is 0.259 e. The van der Waals surface area contributed by atoms with E-state index < -0.39 is 16.4 Å². The van der Waals surface area contributed by atoms with Gasteiger partial charge < -0.3 is 4.43 Å². The Morgan fingerprint density at radius 1 is 0.861 bits per heavy atom. The van der Waals surface area contributed by atoms with E-state index in [2.05, 4.69) is 80.5 Å². The van der Waals surface area contributed by atoms with Crippen molar-refractivity contribution >= 4 is 16.4 Å². The van der Waals surface area contributed by atoms with Gasteiger partial charge in [-0.05, 0) is 68.7 Å². The summed E-state index contributed by atoms with van der Waals surface area (Å²) in [5.41, 5.74) is 5.32. The Morgan fingerprint density at radius 3 is 1.97 bits per heavy atom. The van der Waals surface area contributed by atoms with Gasteiger partial charge in [0.1, 0.15) is 11.6 Å². The van der Waals surface area contributed by atoms with E-state index >= 15 is 0 Å². The van der Waals surface area contributed by atoms with Crippen molar-refractivity contribution in [1.29, 1.82) is 0 Å². The van der Waals surface area contributed by atoms with Gasteiger partial charge in [0.2, 0.25) is 0 Å². The number of fused-ring (bicyclic) bond motifs is 3. The zero-order valence-corrected chi connectivity index (χ0v) is 26.6. The van der Waals surface area contributed by atoms with Crippen LogP contribution in [0.5, 0.6) is 5.75 Å². The van der Waals surface area contributed by atoms with Gasteiger partial charge in [-0.1, -0.05) is 118 Å². The molecule has 200 valence electrons. The van der Waals surface area contributed by atoms with Crippen molar-refractivity contribution in [3.05, 3.63) is 53.3 Å². The third-order valence-corrected chi connectivity index (χ3v) is 24.7. The molecule has 0 radical (unpaired) electrons. The van der Waals surface area contributed by atoms with Crippen LogP contribution in [0.4, 0.5) is 4.39 Å². The maximum absolute atomic E-state index is 13.9. The Kier molecular flexibility index (Phi) is 9.36. The lowest BCUT2D eigenvalue weighted by molar-refractivity contribution is 0.437. The van der Waals surface area contributed by atoms with Gasteiger partial charge in [0.25, 0.3) is 8.32 Å². The van der Waals surface area contributed by atoms with Crippen molar-refractivity contribution in [3.63, 3.8) is 0 Å². The first-order chi connectivity index (χ1) is 17.0. The fraction of sp³-hybridized carbons (Fsp3) is 0.625. The van der Waals surface area contributed by atoms with E-state index in [1.165, 1.54) is 60.5 Å². The largest absolute Gasteiger partial charge is 0.543 e. The molecule has 0 fully saturated rings. The zero-order valence-electron chi connectivity index (χ0n) is 24.6. The lowest BCUT2D eigenvalue weighted by Crippen LogP contribution is -2.63. The van der Waals surface area contributed by atoms with E-state index in [0.717, 1.165) is 22.9 Å². The molecule has 3 rings (SSSR count). The summed E-state index contributed by atoms with van der Waals surface area (Å²) < 4.78 is 21.5. The second-order valence-electron chi connectivity index (χ2n) is 12.6. The van der Waals surface area contributed by atoms with Gasteiger partial charge in [-0.2, -0.15) is 0 Å². The fourth-order valence-corrected chi connectivity index (χ4v) is 24.8. The summed E-state index contributed by atoms with van der Waals surface area (Å²) in [5, 5.41) is 0.858. The molecule has 0 heterocycles. The summed E-state index contributed by atoms with van der Waals surface area (Å²) >= 11 is 0. The molecule has 1 aliphatic rings. The van der Waals surface area contributed by atoms with Crippen molar-refractivity contribution in [2.75, 3.05) is 0 Å². The van der Waals surface area contributed by atoms with Crippen molar-refractivity contribution in [2.45, 2.75) is 128 Å². The first-order valence-corrected chi connectivity index (χ1v) is 19.4. The smallest absolute Gasteiger partial charge is 0.259 e. The molecule has 0 saturated heterocycles. The van der Waals surface area contributed by atoms with E-state index in [1.807, 2.05) is 6.07 Å². The molecule has 0 aromatic heterocycles. The van der Waals surface area contributed by atoms with Crippen molar-refractivity contribution < 1.29 is 8.82 Å². The lowest BCUT2D eigenvalue weighted by atomic mass is 10.1. The van der Waals surface area contributed by atoms with E-state index in [4.69, 9.17) is 4.43 Å². The van der Waals surface area contributed by atoms with Crippen molar-refractivity contribution in [3.8, 4) is 16.9 Å². The van der Waals surface area contributed by atoms with Crippen molar-refractivity contribution in [1.82, 2.24) is 0 Å². The number of rotatable bonds is 12. The van der Waals surface area contributed by atoms with Crippen LogP contribution in [0.3, 0.4) is 0 Å². The Labute approximate surface area is 223 Å². The summed E-state index contributed by atoms with van der Waals surface area (Å²) in [6.07, 6.45) is 6.03. The molecule has 0 spiro atoms. The molecule has 2 aromatic rings. The number of halogens is 1. The highest BCUT2D eigenvalue weighted by Gasteiger charge is 2.61. The minimum absolute atomic E-state index is 0.126. The van der Waals surface area contributed by atoms with Crippen molar-refractivity contribution in [2.24, 2.45) is 0 Å². The lowest BCUT2D eigenvalue weighted by Gasteiger charge is -2.55. The van der Waals surface area contributed by atoms with Gasteiger partial charge in [-0.3, -0.25) is 0 Å². The molecule has 2 aromatic carbocycles. The minimum atomic E-state index is -2.31. The summed E-state index contributed by atoms with van der Waals surface area (Å²) in [7, 11) is -3.85. The SMILES string of the molecule is CCCCCC([Si](CC)(CC)CC)[Si](Oc1ccc2c(c1)Cc1cc(F)ccc1-2)(C(C)C)C(C)(C)C. The molecule has 2 atom stereocenters. The van der Waals surface area contributed by atoms with Gasteiger partial charge in [-0.25, -0.2) is 4.39 Å². The highest BCUT2D eigenvalue weighted by atomic mass is 28.4. The molecule has 0 N–H and O–H groups in total. The Balaban J connectivity index is 2.12. The maximum atomic E-state index is 13.9. The second-order valence-corrected chi connectivity index (χ2v) is 23.8. The molecule has 0 aliphatic heterocycles. The summed E-state index contributed by atoms with van der Waals surface area (Å²) in [6, 6.07) is 16.0. The third kappa shape index (κ3) is 5.27. The van der Waals surface area contributed by atoms with Gasteiger partial charge in [-0.15, -0.1) is 0 Å². The molecule has 0 saturated carbocycles. The molecule has 4 heteroatoms. The Morgan fingerprint density at radius 2 is 1.44 bits per heavy atom. The zero-order chi connectivity index (χ0) is 26.7. The highest BCUT2D eigenvalue weighted by Crippen LogP contribution is 2.57. The molecule has 2 unspecified atom stereocenters. The van der Waals surface area contributed by atoms with E-state index in [9.17, 15) is 4.39 Å². The molecule has 1 nitrogen and oxygen atoms in total. The second kappa shape index (κ2) is 11.6. The average Bonchev–Trinajstić information content (AvgIpc) is 3.18. The molecule has 0 bridgehead atoms. The third-order valence-electron chi connectivity index (χ3n) is 9.60.